The third kappa shape index (κ3) is 9.24. The second kappa shape index (κ2) is 20.5. The van der Waals surface area contributed by atoms with Gasteiger partial charge in [-0.3, -0.25) is 0 Å². The second-order valence-corrected chi connectivity index (χ2v) is 25.8. The first-order valence-corrected chi connectivity index (χ1v) is 27.9. The van der Waals surface area contributed by atoms with E-state index in [1.807, 2.05) is 14.2 Å². The monoisotopic (exact) mass is 947 g/mol. The minimum Gasteiger partial charge on any atom is -0.423 e. The molecule has 0 aliphatic heterocycles. The molecule has 2 heterocycles. The number of hydrogen-bond acceptors (Lipinski definition) is 11. The molecule has 0 unspecified atom stereocenters. The van der Waals surface area contributed by atoms with Gasteiger partial charge in [-0.2, -0.15) is 0 Å². The van der Waals surface area contributed by atoms with Gasteiger partial charge in [0.2, 0.25) is 23.6 Å². The first kappa shape index (κ1) is 51.0. The van der Waals surface area contributed by atoms with Gasteiger partial charge in [-0.1, -0.05) is 54.9 Å². The number of hydrogen-bond donors (Lipinski definition) is 1. The second-order valence-electron chi connectivity index (χ2n) is 25.8. The van der Waals surface area contributed by atoms with Crippen LogP contribution in [0.3, 0.4) is 0 Å². The zero-order chi connectivity index (χ0) is 48.2. The topological polar surface area (TPSA) is 135 Å². The lowest BCUT2D eigenvalue weighted by Crippen LogP contribution is -2.59. The molecule has 68 heavy (non-hydrogen) atoms. The maximum absolute atomic E-state index is 10.4. The van der Waals surface area contributed by atoms with Crippen LogP contribution in [0.25, 0.3) is 0 Å². The van der Waals surface area contributed by atoms with Gasteiger partial charge in [-0.25, -0.2) is 0 Å². The lowest BCUT2D eigenvalue weighted by Gasteiger charge is -2.63. The molecule has 8 aliphatic carbocycles. The van der Waals surface area contributed by atoms with Crippen LogP contribution < -0.4 is 0 Å². The van der Waals surface area contributed by atoms with Crippen molar-refractivity contribution in [3.05, 3.63) is 23.6 Å². The van der Waals surface area contributed by atoms with E-state index < -0.39 is 0 Å². The van der Waals surface area contributed by atoms with Crippen LogP contribution in [0.2, 0.25) is 0 Å². The fourth-order valence-electron chi connectivity index (χ4n) is 19.3. The Morgan fingerprint density at radius 2 is 0.941 bits per heavy atom. The highest BCUT2D eigenvalue weighted by molar-refractivity contribution is 5.14. The van der Waals surface area contributed by atoms with Gasteiger partial charge >= 0.3 is 0 Å². The van der Waals surface area contributed by atoms with Gasteiger partial charge in [0, 0.05) is 41.3 Å². The Labute approximate surface area is 410 Å². The molecular weight excluding hydrogens is 853 g/mol. The number of aryl methyl sites for hydroxylation is 2. The number of rotatable bonds is 14. The van der Waals surface area contributed by atoms with E-state index in [0.29, 0.717) is 82.5 Å². The molecule has 0 saturated heterocycles. The number of methoxy groups -OCH3 is 4. The van der Waals surface area contributed by atoms with Crippen LogP contribution in [0.1, 0.15) is 188 Å². The van der Waals surface area contributed by atoms with E-state index in [4.69, 9.17) is 27.8 Å². The average Bonchev–Trinajstić information content (AvgIpc) is 4.13. The fourth-order valence-corrected chi connectivity index (χ4v) is 19.3. The van der Waals surface area contributed by atoms with E-state index in [1.54, 1.807) is 14.2 Å². The van der Waals surface area contributed by atoms with Crippen molar-refractivity contribution in [1.82, 2.24) is 20.4 Å². The van der Waals surface area contributed by atoms with Crippen LogP contribution in [-0.4, -0.2) is 72.3 Å². The minimum absolute atomic E-state index is 0.109. The van der Waals surface area contributed by atoms with Crippen molar-refractivity contribution in [3.63, 3.8) is 0 Å². The molecule has 0 bridgehead atoms. The molecule has 8 saturated carbocycles. The number of aliphatic hydroxyl groups excluding tert-OH is 1. The molecule has 20 atom stereocenters. The Balaban J connectivity index is 0.000000170. The SMILES string of the molecule is COCc1nnc(CC[C@@H](C)[C@H]2CC[C@H]3[C@@H]4[C@H](OC)C[C@@H]5C[C@H](C)CC[C@]5(C)[C@H]4CC[C@]23C)o1.COCc1nnc(CC[C@@H](C)[C@H]2CC[C@H]3[C@@H]4[C@H](OC)C[C@@H]5C[C@H](O)CC[C@]5(C)[C@H]4CC[C@]23C)o1. The maximum Gasteiger partial charge on any atom is 0.242 e. The van der Waals surface area contributed by atoms with Crippen LogP contribution in [0.4, 0.5) is 0 Å². The fraction of sp³-hybridized carbons (Fsp3) is 0.930. The van der Waals surface area contributed by atoms with Crippen molar-refractivity contribution in [3.8, 4) is 0 Å². The number of aromatic nitrogens is 4. The Morgan fingerprint density at radius 3 is 1.40 bits per heavy atom. The van der Waals surface area contributed by atoms with Gasteiger partial charge in [-0.15, -0.1) is 20.4 Å². The summed E-state index contributed by atoms with van der Waals surface area (Å²) < 4.78 is 34.3. The summed E-state index contributed by atoms with van der Waals surface area (Å²) in [5.41, 5.74) is 1.75. The first-order chi connectivity index (χ1) is 32.6. The lowest BCUT2D eigenvalue weighted by molar-refractivity contribution is -0.181. The first-order valence-electron chi connectivity index (χ1n) is 27.9. The molecule has 384 valence electrons. The number of fused-ring (bicyclic) bond motifs is 10. The zero-order valence-corrected chi connectivity index (χ0v) is 44.5. The van der Waals surface area contributed by atoms with Crippen molar-refractivity contribution >= 4 is 0 Å². The van der Waals surface area contributed by atoms with E-state index in [2.05, 4.69) is 68.9 Å². The predicted molar refractivity (Wildman–Crippen MR) is 263 cm³/mol. The lowest BCUT2D eigenvalue weighted by atomic mass is 9.43. The molecule has 11 nitrogen and oxygen atoms in total. The molecule has 1 N–H and O–H groups in total. The Bertz CT molecular complexity index is 1820. The van der Waals surface area contributed by atoms with E-state index in [-0.39, 0.29) is 6.10 Å². The van der Waals surface area contributed by atoms with E-state index in [1.165, 1.54) is 83.5 Å². The van der Waals surface area contributed by atoms with E-state index in [0.717, 1.165) is 110 Å². The summed E-state index contributed by atoms with van der Waals surface area (Å²) in [5, 5.41) is 27.1. The smallest absolute Gasteiger partial charge is 0.242 e. The quantitative estimate of drug-likeness (QED) is 0.194. The van der Waals surface area contributed by atoms with Gasteiger partial charge in [0.25, 0.3) is 0 Å². The highest BCUT2D eigenvalue weighted by Gasteiger charge is 2.65. The molecule has 0 amide bonds. The van der Waals surface area contributed by atoms with Gasteiger partial charge in [-0.05, 0) is 208 Å². The van der Waals surface area contributed by atoms with Crippen molar-refractivity contribution < 1.29 is 32.9 Å². The molecule has 2 aromatic heterocycles. The predicted octanol–water partition coefficient (Wildman–Crippen LogP) is 12.1. The third-order valence-electron chi connectivity index (χ3n) is 22.9. The highest BCUT2D eigenvalue weighted by Crippen LogP contribution is 2.71. The molecule has 2 aromatic rings. The van der Waals surface area contributed by atoms with E-state index >= 15 is 0 Å². The maximum atomic E-state index is 10.4. The molecule has 10 rings (SSSR count). The average molecular weight is 947 g/mol. The summed E-state index contributed by atoms with van der Waals surface area (Å²) in [6.07, 6.45) is 25.4. The highest BCUT2D eigenvalue weighted by atomic mass is 16.5. The van der Waals surface area contributed by atoms with Crippen LogP contribution >= 0.6 is 0 Å². The summed E-state index contributed by atoms with van der Waals surface area (Å²) in [6, 6.07) is 0. The molecule has 0 radical (unpaired) electrons. The standard InChI is InChI=1S/C29H48N2O3.C28H46N2O4/c1-18-11-13-28(3)20(15-18)16-24(33-6)27-22-9-8-21(29(22,4)14-12-23(27)28)19(2)7-10-25-30-31-26(34-25)17-32-5;1-17(6-9-24-29-30-25(34-24)16-32-4)20-7-8-21-26-22(11-13-28(20,21)3)27(2)12-10-19(31)14-18(27)15-23(26)33-5/h18-24,27H,7-17H2,1-6H3;17-23,26,31H,6-16H2,1-5H3/t18-,19-,20+,21-,22+,23+,24-,27+,28+,29-;17-,18+,19-,20-,21+,22+,23-,26+,27+,28-/m11/s1. The van der Waals surface area contributed by atoms with Gasteiger partial charge in [0.05, 0.1) is 18.3 Å². The summed E-state index contributed by atoms with van der Waals surface area (Å²) in [6.45, 7) is 18.7. The Kier molecular flexibility index (Phi) is 15.4. The summed E-state index contributed by atoms with van der Waals surface area (Å²) in [7, 11) is 7.25. The number of aliphatic hydroxyl groups is 1. The van der Waals surface area contributed by atoms with Gasteiger partial charge in [0.1, 0.15) is 13.2 Å². The Morgan fingerprint density at radius 1 is 0.529 bits per heavy atom. The molecule has 11 heteroatoms. The molecule has 0 spiro atoms. The van der Waals surface area contributed by atoms with Gasteiger partial charge < -0.3 is 32.9 Å². The van der Waals surface area contributed by atoms with Crippen LogP contribution in [-0.2, 0) is 45.0 Å². The van der Waals surface area contributed by atoms with Crippen LogP contribution in [0.5, 0.6) is 0 Å². The molecule has 8 fully saturated rings. The molecule has 0 aromatic carbocycles. The van der Waals surface area contributed by atoms with Crippen LogP contribution in [0, 0.1) is 98.6 Å². The Hall–Kier alpha value is -1.92. The number of ether oxygens (including phenoxy) is 4. The van der Waals surface area contributed by atoms with Crippen LogP contribution in [0.15, 0.2) is 8.83 Å². The number of nitrogens with zero attached hydrogens (tertiary/aromatic N) is 4. The normalized spacial score (nSPS) is 44.8. The van der Waals surface area contributed by atoms with Gasteiger partial charge in [0.15, 0.2) is 0 Å². The summed E-state index contributed by atoms with van der Waals surface area (Å²) in [4.78, 5) is 0. The molecule has 8 aliphatic rings. The molecular formula is C57H94N4O7. The minimum atomic E-state index is -0.109. The largest absolute Gasteiger partial charge is 0.423 e. The van der Waals surface area contributed by atoms with E-state index in [9.17, 15) is 5.11 Å². The zero-order valence-electron chi connectivity index (χ0n) is 44.5. The third-order valence-corrected chi connectivity index (χ3v) is 22.9. The van der Waals surface area contributed by atoms with Crippen molar-refractivity contribution in [2.45, 2.75) is 208 Å². The van der Waals surface area contributed by atoms with Crippen molar-refractivity contribution in [2.24, 2.45) is 98.6 Å². The summed E-state index contributed by atoms with van der Waals surface area (Å²) >= 11 is 0. The van der Waals surface area contributed by atoms with Crippen molar-refractivity contribution in [1.29, 1.82) is 0 Å². The van der Waals surface area contributed by atoms with Crippen molar-refractivity contribution in [2.75, 3.05) is 28.4 Å². The summed E-state index contributed by atoms with van der Waals surface area (Å²) in [5.74, 6) is 12.5.